The van der Waals surface area contributed by atoms with E-state index in [2.05, 4.69) is 29.7 Å². The summed E-state index contributed by atoms with van der Waals surface area (Å²) in [6.07, 6.45) is -3.97. The molecule has 6 atom stereocenters. The first-order chi connectivity index (χ1) is 14.6. The molecule has 0 saturated carbocycles. The molecule has 0 radical (unpaired) electrons. The number of rotatable bonds is 10. The zero-order valence-corrected chi connectivity index (χ0v) is 18.4. The second-order valence-electron chi connectivity index (χ2n) is 6.02. The van der Waals surface area contributed by atoms with E-state index in [4.69, 9.17) is 30.9 Å². The molecule has 1 aromatic rings. The van der Waals surface area contributed by atoms with Gasteiger partial charge in [0.15, 0.2) is 12.1 Å². The molecule has 0 spiro atoms. The van der Waals surface area contributed by atoms with Gasteiger partial charge in [-0.1, -0.05) is 6.58 Å². The maximum atomic E-state index is 11.8. The van der Waals surface area contributed by atoms with E-state index < -0.39 is 54.6 Å². The van der Waals surface area contributed by atoms with E-state index in [1.807, 2.05) is 0 Å². The number of phosphoric acid groups is 3. The molecule has 1 aliphatic heterocycles. The van der Waals surface area contributed by atoms with Crippen LogP contribution in [0.5, 0.6) is 0 Å². The van der Waals surface area contributed by atoms with E-state index in [9.17, 15) is 28.8 Å². The molecule has 182 valence electrons. The van der Waals surface area contributed by atoms with Gasteiger partial charge in [-0.3, -0.25) is 9.09 Å². The molecule has 18 nitrogen and oxygen atoms in total. The Morgan fingerprint density at radius 2 is 1.84 bits per heavy atom. The van der Waals surface area contributed by atoms with Gasteiger partial charge in [-0.15, -0.1) is 0 Å². The second-order valence-corrected chi connectivity index (χ2v) is 10.4. The highest BCUT2D eigenvalue weighted by molar-refractivity contribution is 7.66. The highest BCUT2D eigenvalue weighted by Crippen LogP contribution is 2.66. The fourth-order valence-electron chi connectivity index (χ4n) is 2.50. The van der Waals surface area contributed by atoms with Crippen LogP contribution >= 0.6 is 23.5 Å². The molecular formula is C11H20N5O13P3. The third kappa shape index (κ3) is 6.76. The van der Waals surface area contributed by atoms with Crippen molar-refractivity contribution < 1.29 is 61.4 Å². The van der Waals surface area contributed by atoms with Gasteiger partial charge in [0, 0.05) is 6.20 Å². The van der Waals surface area contributed by atoms with Crippen LogP contribution in [0.25, 0.3) is 0 Å². The second kappa shape index (κ2) is 9.79. The topological polar surface area (TPSA) is 292 Å². The number of ether oxygens (including phenoxy) is 1. The highest BCUT2D eigenvalue weighted by Gasteiger charge is 2.47. The molecule has 1 saturated heterocycles. The fourth-order valence-corrected chi connectivity index (χ4v) is 5.53. The Labute approximate surface area is 179 Å². The Bertz CT molecular complexity index is 1020. The third-order valence-corrected chi connectivity index (χ3v) is 7.54. The minimum Gasteiger partial charge on any atom is -0.387 e. The van der Waals surface area contributed by atoms with Gasteiger partial charge in [0.1, 0.15) is 29.8 Å². The SMILES string of the molecule is C=CN=C(N)c1ncn(C2OC(COP(=O)(O)OP(=O)(O)OP(=O)(O)O)C(O)C2O)c1N. The number of amidine groups is 1. The zero-order valence-electron chi connectivity index (χ0n) is 15.8. The fraction of sp³-hybridized carbons (Fsp3) is 0.455. The number of hydrogen-bond acceptors (Lipinski definition) is 12. The van der Waals surface area contributed by atoms with Crippen molar-refractivity contribution >= 4 is 35.1 Å². The van der Waals surface area contributed by atoms with Gasteiger partial charge in [0.2, 0.25) is 0 Å². The van der Waals surface area contributed by atoms with Crippen molar-refractivity contribution in [1.82, 2.24) is 9.55 Å². The number of aromatic nitrogens is 2. The Hall–Kier alpha value is -1.49. The van der Waals surface area contributed by atoms with E-state index >= 15 is 0 Å². The smallest absolute Gasteiger partial charge is 0.387 e. The van der Waals surface area contributed by atoms with Gasteiger partial charge in [0.25, 0.3) is 0 Å². The highest BCUT2D eigenvalue weighted by atomic mass is 31.3. The summed E-state index contributed by atoms with van der Waals surface area (Å²) in [6.45, 7) is 2.38. The van der Waals surface area contributed by atoms with Gasteiger partial charge in [0.05, 0.1) is 12.9 Å². The van der Waals surface area contributed by atoms with Gasteiger partial charge >= 0.3 is 23.5 Å². The van der Waals surface area contributed by atoms with Gasteiger partial charge in [-0.2, -0.15) is 8.62 Å². The number of hydrogen-bond donors (Lipinski definition) is 8. The minimum absolute atomic E-state index is 0.0203. The van der Waals surface area contributed by atoms with Crippen LogP contribution in [0.4, 0.5) is 5.82 Å². The summed E-state index contributed by atoms with van der Waals surface area (Å²) in [4.78, 5) is 43.2. The molecule has 10 N–H and O–H groups in total. The van der Waals surface area contributed by atoms with E-state index in [0.717, 1.165) is 17.1 Å². The van der Waals surface area contributed by atoms with Crippen molar-refractivity contribution in [2.45, 2.75) is 24.5 Å². The average molecular weight is 523 g/mol. The molecule has 2 rings (SSSR count). The minimum atomic E-state index is -5.72. The van der Waals surface area contributed by atoms with Crippen LogP contribution < -0.4 is 11.5 Å². The van der Waals surface area contributed by atoms with E-state index in [0.29, 0.717) is 0 Å². The van der Waals surface area contributed by atoms with Crippen LogP contribution in [0, 0.1) is 0 Å². The first-order valence-corrected chi connectivity index (χ1v) is 12.7. The number of nitrogens with zero attached hydrogens (tertiary/aromatic N) is 3. The van der Waals surface area contributed by atoms with Gasteiger partial charge < -0.3 is 46.0 Å². The van der Waals surface area contributed by atoms with Crippen LogP contribution in [0.3, 0.4) is 0 Å². The molecule has 0 bridgehead atoms. The number of phosphoric ester groups is 1. The molecule has 32 heavy (non-hydrogen) atoms. The standard InChI is InChI=1S/C11H20N5O13P3/c1-2-14-9(12)6-10(13)16(4-15-6)11-8(18)7(17)5(27-11)3-26-31(22,23)29-32(24,25)28-30(19,20)21/h2,4-5,7-8,11,17-18H,1,3,13H2,(H2,12,14)(H,22,23)(H,24,25)(H2,19,20,21). The molecule has 2 heterocycles. The number of nitrogen functional groups attached to an aromatic ring is 1. The molecule has 0 amide bonds. The van der Waals surface area contributed by atoms with Crippen LogP contribution in [-0.4, -0.2) is 70.1 Å². The van der Waals surface area contributed by atoms with Gasteiger partial charge in [-0.25, -0.2) is 23.7 Å². The maximum absolute atomic E-state index is 11.8. The summed E-state index contributed by atoms with van der Waals surface area (Å²) in [5.74, 6) is -0.216. The Kier molecular flexibility index (Phi) is 8.18. The summed E-state index contributed by atoms with van der Waals surface area (Å²) >= 11 is 0. The molecule has 0 aromatic carbocycles. The lowest BCUT2D eigenvalue weighted by molar-refractivity contribution is -0.0510. The lowest BCUT2D eigenvalue weighted by Gasteiger charge is -2.19. The van der Waals surface area contributed by atoms with Crippen LogP contribution in [0.15, 0.2) is 24.1 Å². The van der Waals surface area contributed by atoms with Crippen LogP contribution in [0.2, 0.25) is 0 Å². The number of aliphatic imine (C=N–C) groups is 1. The van der Waals surface area contributed by atoms with Crippen molar-refractivity contribution in [2.75, 3.05) is 12.3 Å². The van der Waals surface area contributed by atoms with Crippen molar-refractivity contribution in [1.29, 1.82) is 0 Å². The quantitative estimate of drug-likeness (QED) is 0.0960. The van der Waals surface area contributed by atoms with Crippen molar-refractivity contribution in [3.63, 3.8) is 0 Å². The molecule has 1 aromatic heterocycles. The summed E-state index contributed by atoms with van der Waals surface area (Å²) in [5, 5.41) is 20.4. The first kappa shape index (κ1) is 26.8. The average Bonchev–Trinajstić information content (AvgIpc) is 3.11. The predicted octanol–water partition coefficient (Wildman–Crippen LogP) is -1.72. The molecule has 0 aliphatic carbocycles. The monoisotopic (exact) mass is 523 g/mol. The number of anilines is 1. The van der Waals surface area contributed by atoms with Crippen molar-refractivity contribution in [2.24, 2.45) is 10.7 Å². The van der Waals surface area contributed by atoms with Crippen LogP contribution in [0.1, 0.15) is 11.9 Å². The van der Waals surface area contributed by atoms with E-state index in [1.165, 1.54) is 0 Å². The van der Waals surface area contributed by atoms with Crippen molar-refractivity contribution in [3.8, 4) is 0 Å². The maximum Gasteiger partial charge on any atom is 0.490 e. The van der Waals surface area contributed by atoms with Crippen LogP contribution in [-0.2, 0) is 31.6 Å². The largest absolute Gasteiger partial charge is 0.490 e. The first-order valence-electron chi connectivity index (χ1n) is 8.13. The molecule has 1 fully saturated rings. The molecule has 6 unspecified atom stereocenters. The van der Waals surface area contributed by atoms with Gasteiger partial charge in [-0.05, 0) is 0 Å². The van der Waals surface area contributed by atoms with Crippen molar-refractivity contribution in [3.05, 3.63) is 24.8 Å². The third-order valence-electron chi connectivity index (χ3n) is 3.73. The molecular weight excluding hydrogens is 503 g/mol. The Morgan fingerprint density at radius 1 is 1.22 bits per heavy atom. The Morgan fingerprint density at radius 3 is 2.41 bits per heavy atom. The number of aliphatic hydroxyl groups is 2. The predicted molar refractivity (Wildman–Crippen MR) is 103 cm³/mol. The number of imidazole rings is 1. The van der Waals surface area contributed by atoms with E-state index in [1.54, 1.807) is 0 Å². The number of aliphatic hydroxyl groups excluding tert-OH is 2. The summed E-state index contributed by atoms with van der Waals surface area (Å²) in [5.41, 5.74) is 11.6. The lowest BCUT2D eigenvalue weighted by Crippen LogP contribution is -2.33. The summed E-state index contributed by atoms with van der Waals surface area (Å²) < 4.78 is 51.7. The number of nitrogens with two attached hydrogens (primary N) is 2. The molecule has 1 aliphatic rings. The normalized spacial score (nSPS) is 28.2. The lowest BCUT2D eigenvalue weighted by atomic mass is 10.1. The summed E-state index contributed by atoms with van der Waals surface area (Å²) in [6, 6.07) is 0. The zero-order chi connectivity index (χ0) is 24.5. The Balaban J connectivity index is 2.09. The van der Waals surface area contributed by atoms with E-state index in [-0.39, 0.29) is 17.3 Å². The summed E-state index contributed by atoms with van der Waals surface area (Å²) in [7, 11) is -16.7. The molecule has 21 heteroatoms.